The third kappa shape index (κ3) is 4.75. The smallest absolute Gasteiger partial charge is 0.422 e. The van der Waals surface area contributed by atoms with Crippen molar-refractivity contribution in [2.24, 2.45) is 11.8 Å². The molecule has 5 nitrogen and oxygen atoms in total. The lowest BCUT2D eigenvalue weighted by molar-refractivity contribution is -0.153. The Morgan fingerprint density at radius 2 is 2.07 bits per heavy atom. The van der Waals surface area contributed by atoms with E-state index in [4.69, 9.17) is 0 Å². The number of rotatable bonds is 7. The van der Waals surface area contributed by atoms with E-state index in [1.54, 1.807) is 13.0 Å². The summed E-state index contributed by atoms with van der Waals surface area (Å²) in [5, 5.41) is 4.13. The summed E-state index contributed by atoms with van der Waals surface area (Å²) in [4.78, 5) is 16.7. The average Bonchev–Trinajstić information content (AvgIpc) is 3.38. The molecule has 1 amide bonds. The molecule has 1 aliphatic carbocycles. The minimum atomic E-state index is -4.40. The fourth-order valence-corrected chi connectivity index (χ4v) is 3.62. The lowest BCUT2D eigenvalue weighted by Gasteiger charge is -2.14. The number of pyridine rings is 1. The summed E-state index contributed by atoms with van der Waals surface area (Å²) in [5.41, 5.74) is 1.73. The molecular weight excluding hydrogens is 395 g/mol. The number of halogens is 3. The fraction of sp³-hybridized carbons (Fsp3) is 0.364. The van der Waals surface area contributed by atoms with Crippen LogP contribution in [0, 0.1) is 11.8 Å². The molecule has 0 radical (unpaired) electrons. The van der Waals surface area contributed by atoms with Crippen molar-refractivity contribution in [3.8, 4) is 5.75 Å². The number of carbonyl (C=O) groups is 1. The minimum absolute atomic E-state index is 0.0249. The van der Waals surface area contributed by atoms with Gasteiger partial charge in [0.15, 0.2) is 6.61 Å². The summed E-state index contributed by atoms with van der Waals surface area (Å²) in [6.07, 6.45) is -0.274. The Bertz CT molecular complexity index is 1030. The van der Waals surface area contributed by atoms with Gasteiger partial charge in [-0.15, -0.1) is 0 Å². The molecule has 4 rings (SSSR count). The molecule has 0 saturated heterocycles. The highest BCUT2D eigenvalue weighted by Gasteiger charge is 2.43. The van der Waals surface area contributed by atoms with Gasteiger partial charge in [-0.05, 0) is 48.9 Å². The highest BCUT2D eigenvalue weighted by Crippen LogP contribution is 2.41. The molecule has 0 spiro atoms. The van der Waals surface area contributed by atoms with Crippen LogP contribution in [0.4, 0.5) is 13.2 Å². The Kier molecular flexibility index (Phi) is 5.40. The normalized spacial score (nSPS) is 19.5. The maximum Gasteiger partial charge on any atom is 0.422 e. The Morgan fingerprint density at radius 1 is 1.27 bits per heavy atom. The van der Waals surface area contributed by atoms with Gasteiger partial charge < -0.3 is 14.6 Å². The summed E-state index contributed by atoms with van der Waals surface area (Å²) >= 11 is 0. The van der Waals surface area contributed by atoms with Crippen molar-refractivity contribution in [2.45, 2.75) is 32.1 Å². The van der Waals surface area contributed by atoms with Gasteiger partial charge in [-0.3, -0.25) is 9.78 Å². The summed E-state index contributed by atoms with van der Waals surface area (Å²) < 4.78 is 43.5. The second-order valence-corrected chi connectivity index (χ2v) is 7.68. The Hall–Kier alpha value is -3.03. The second kappa shape index (κ2) is 8.01. The molecule has 2 heterocycles. The highest BCUT2D eigenvalue weighted by atomic mass is 19.4. The van der Waals surface area contributed by atoms with E-state index in [-0.39, 0.29) is 23.6 Å². The number of para-hydroxylation sites is 1. The van der Waals surface area contributed by atoms with Crippen LogP contribution in [0.5, 0.6) is 5.75 Å². The van der Waals surface area contributed by atoms with Gasteiger partial charge in [0.1, 0.15) is 5.75 Å². The third-order valence-electron chi connectivity index (χ3n) is 5.33. The monoisotopic (exact) mass is 417 g/mol. The number of alkyl halides is 3. The van der Waals surface area contributed by atoms with Crippen molar-refractivity contribution in [1.82, 2.24) is 14.9 Å². The predicted molar refractivity (Wildman–Crippen MR) is 106 cm³/mol. The summed E-state index contributed by atoms with van der Waals surface area (Å²) in [7, 11) is 0. The molecule has 1 fully saturated rings. The number of ether oxygens (including phenoxy) is 1. The first-order valence-electron chi connectivity index (χ1n) is 9.80. The van der Waals surface area contributed by atoms with Crippen LogP contribution in [0.15, 0.2) is 54.9 Å². The van der Waals surface area contributed by atoms with Crippen molar-refractivity contribution in [1.29, 1.82) is 0 Å². The van der Waals surface area contributed by atoms with Gasteiger partial charge in [0, 0.05) is 24.2 Å². The molecule has 1 aliphatic rings. The lowest BCUT2D eigenvalue weighted by Crippen LogP contribution is -2.29. The molecule has 1 aromatic carbocycles. The lowest BCUT2D eigenvalue weighted by atomic mass is 10.2. The molecule has 158 valence electrons. The van der Waals surface area contributed by atoms with Crippen molar-refractivity contribution in [3.05, 3.63) is 60.6 Å². The number of nitrogens with one attached hydrogen (secondary N) is 1. The van der Waals surface area contributed by atoms with Crippen LogP contribution in [0.1, 0.15) is 25.1 Å². The van der Waals surface area contributed by atoms with E-state index in [0.29, 0.717) is 11.6 Å². The molecule has 30 heavy (non-hydrogen) atoms. The molecule has 0 bridgehead atoms. The van der Waals surface area contributed by atoms with E-state index in [9.17, 15) is 18.0 Å². The van der Waals surface area contributed by atoms with Gasteiger partial charge in [-0.1, -0.05) is 18.2 Å². The topological polar surface area (TPSA) is 56.2 Å². The van der Waals surface area contributed by atoms with Gasteiger partial charge in [0.25, 0.3) is 0 Å². The molecule has 3 atom stereocenters. The first kappa shape index (κ1) is 20.3. The first-order valence-corrected chi connectivity index (χ1v) is 9.80. The number of aromatic nitrogens is 2. The van der Waals surface area contributed by atoms with Crippen LogP contribution < -0.4 is 10.1 Å². The van der Waals surface area contributed by atoms with Crippen molar-refractivity contribution >= 4 is 16.8 Å². The van der Waals surface area contributed by atoms with E-state index in [1.807, 2.05) is 18.3 Å². The fourth-order valence-electron chi connectivity index (χ4n) is 3.62. The van der Waals surface area contributed by atoms with Gasteiger partial charge in [-0.2, -0.15) is 13.2 Å². The summed E-state index contributed by atoms with van der Waals surface area (Å²) in [6.45, 7) is 1.23. The molecule has 1 N–H and O–H groups in total. The minimum Gasteiger partial charge on any atom is -0.483 e. The van der Waals surface area contributed by atoms with Gasteiger partial charge in [0.05, 0.1) is 17.9 Å². The molecular formula is C22H22F3N3O2. The number of fused-ring (bicyclic) bond motifs is 1. The quantitative estimate of drug-likeness (QED) is 0.616. The van der Waals surface area contributed by atoms with E-state index < -0.39 is 12.8 Å². The largest absolute Gasteiger partial charge is 0.483 e. The number of nitrogens with zero attached hydrogens (tertiary/aromatic N) is 2. The van der Waals surface area contributed by atoms with E-state index >= 15 is 0 Å². The molecule has 0 aliphatic heterocycles. The maximum atomic E-state index is 12.6. The van der Waals surface area contributed by atoms with Crippen LogP contribution in [-0.4, -0.2) is 28.2 Å². The van der Waals surface area contributed by atoms with Crippen LogP contribution in [0.3, 0.4) is 0 Å². The number of benzene rings is 1. The van der Waals surface area contributed by atoms with Crippen LogP contribution in [0.25, 0.3) is 10.9 Å². The third-order valence-corrected chi connectivity index (χ3v) is 5.33. The maximum absolute atomic E-state index is 12.6. The number of carbonyl (C=O) groups excluding carboxylic acids is 1. The average molecular weight is 417 g/mol. The van der Waals surface area contributed by atoms with Gasteiger partial charge in [0.2, 0.25) is 5.91 Å². The standard InChI is InChI=1S/C22H22F3N3O2/c1-14(19-7-6-17(11-26-19)30-13-22(23,24)25)27-21(29)18-10-16(18)12-28-9-8-15-4-2-3-5-20(15)28/h2-9,11,14,16,18H,10,12-13H2,1H3,(H,27,29)/t14-,16+,18-/m1/s1. The van der Waals surface area contributed by atoms with E-state index in [2.05, 4.69) is 37.8 Å². The van der Waals surface area contributed by atoms with Crippen LogP contribution in [-0.2, 0) is 11.3 Å². The first-order chi connectivity index (χ1) is 14.3. The SMILES string of the molecule is C[C@@H](NC(=O)[C@@H]1C[C@H]1Cn1ccc2ccccc21)c1ccc(OCC(F)(F)F)cn1. The number of hydrogen-bond acceptors (Lipinski definition) is 3. The Morgan fingerprint density at radius 3 is 2.80 bits per heavy atom. The van der Waals surface area contributed by atoms with Gasteiger partial charge >= 0.3 is 6.18 Å². The van der Waals surface area contributed by atoms with Crippen molar-refractivity contribution < 1.29 is 22.7 Å². The van der Waals surface area contributed by atoms with Crippen molar-refractivity contribution in [2.75, 3.05) is 6.61 Å². The van der Waals surface area contributed by atoms with Gasteiger partial charge in [-0.25, -0.2) is 0 Å². The van der Waals surface area contributed by atoms with Crippen molar-refractivity contribution in [3.63, 3.8) is 0 Å². The zero-order chi connectivity index (χ0) is 21.3. The summed E-state index contributed by atoms with van der Waals surface area (Å²) in [5.74, 6) is 0.265. The molecule has 1 saturated carbocycles. The molecule has 2 aromatic heterocycles. The highest BCUT2D eigenvalue weighted by molar-refractivity contribution is 5.82. The zero-order valence-electron chi connectivity index (χ0n) is 16.4. The van der Waals surface area contributed by atoms with E-state index in [1.165, 1.54) is 17.6 Å². The molecule has 0 unspecified atom stereocenters. The summed E-state index contributed by atoms with van der Waals surface area (Å²) in [6, 6.07) is 12.9. The van der Waals surface area contributed by atoms with Crippen LogP contribution >= 0.6 is 0 Å². The predicted octanol–water partition coefficient (Wildman–Crippen LogP) is 4.49. The second-order valence-electron chi connectivity index (χ2n) is 7.68. The zero-order valence-corrected chi connectivity index (χ0v) is 16.4. The molecule has 3 aromatic rings. The number of amides is 1. The van der Waals surface area contributed by atoms with Crippen LogP contribution in [0.2, 0.25) is 0 Å². The Labute approximate surface area is 171 Å². The molecule has 8 heteroatoms. The van der Waals surface area contributed by atoms with E-state index in [0.717, 1.165) is 18.5 Å². The Balaban J connectivity index is 1.29. The number of hydrogen-bond donors (Lipinski definition) is 1.